The minimum absolute atomic E-state index is 0.0305. The molecule has 0 atom stereocenters. The van der Waals surface area contributed by atoms with Crippen molar-refractivity contribution in [3.8, 4) is 0 Å². The van der Waals surface area contributed by atoms with E-state index in [1.165, 1.54) is 0 Å². The number of nitrogens with one attached hydrogen (secondary N) is 1. The van der Waals surface area contributed by atoms with Gasteiger partial charge in [-0.05, 0) is 28.1 Å². The van der Waals surface area contributed by atoms with E-state index in [-0.39, 0.29) is 27.5 Å². The lowest BCUT2D eigenvalue weighted by molar-refractivity contribution is 0.301. The quantitative estimate of drug-likeness (QED) is 0.878. The normalized spacial score (nSPS) is 11.8. The maximum Gasteiger partial charge on any atom is 0.243 e. The van der Waals surface area contributed by atoms with Crippen LogP contribution in [0, 0.1) is 5.82 Å². The van der Waals surface area contributed by atoms with Gasteiger partial charge in [0, 0.05) is 11.0 Å². The SMILES string of the molecule is O=S(=O)(NCCO)c1c(Cl)cc(F)cc1Br. The fourth-order valence-electron chi connectivity index (χ4n) is 1.04. The number of aliphatic hydroxyl groups is 1. The number of hydrogen-bond donors (Lipinski definition) is 2. The van der Waals surface area contributed by atoms with Crippen molar-refractivity contribution < 1.29 is 17.9 Å². The molecule has 0 radical (unpaired) electrons. The predicted octanol–water partition coefficient (Wildman–Crippen LogP) is 1.51. The van der Waals surface area contributed by atoms with Gasteiger partial charge in [0.15, 0.2) is 0 Å². The molecule has 1 aromatic carbocycles. The molecule has 0 bridgehead atoms. The van der Waals surface area contributed by atoms with E-state index in [4.69, 9.17) is 16.7 Å². The molecule has 0 saturated heterocycles. The lowest BCUT2D eigenvalue weighted by Gasteiger charge is -2.09. The van der Waals surface area contributed by atoms with E-state index in [0.717, 1.165) is 12.1 Å². The molecule has 90 valence electrons. The van der Waals surface area contributed by atoms with Crippen LogP contribution in [0.4, 0.5) is 4.39 Å². The second-order valence-corrected chi connectivity index (χ2v) is 5.79. The van der Waals surface area contributed by atoms with Crippen LogP contribution < -0.4 is 4.72 Å². The third-order valence-corrected chi connectivity index (χ3v) is 4.50. The zero-order valence-corrected chi connectivity index (χ0v) is 11.0. The van der Waals surface area contributed by atoms with Gasteiger partial charge in [-0.25, -0.2) is 17.5 Å². The van der Waals surface area contributed by atoms with Crippen LogP contribution in [0.25, 0.3) is 0 Å². The van der Waals surface area contributed by atoms with E-state index < -0.39 is 15.8 Å². The summed E-state index contributed by atoms with van der Waals surface area (Å²) in [6.07, 6.45) is 0. The smallest absolute Gasteiger partial charge is 0.243 e. The third kappa shape index (κ3) is 3.14. The average molecular weight is 333 g/mol. The molecule has 1 aromatic rings. The van der Waals surface area contributed by atoms with Gasteiger partial charge in [0.05, 0.1) is 11.6 Å². The van der Waals surface area contributed by atoms with Crippen LogP contribution in [0.3, 0.4) is 0 Å². The van der Waals surface area contributed by atoms with Gasteiger partial charge in [-0.15, -0.1) is 0 Å². The molecule has 0 aliphatic rings. The van der Waals surface area contributed by atoms with Gasteiger partial charge in [-0.1, -0.05) is 11.6 Å². The van der Waals surface area contributed by atoms with E-state index >= 15 is 0 Å². The molecule has 0 amide bonds. The summed E-state index contributed by atoms with van der Waals surface area (Å²) in [6.45, 7) is -0.474. The Balaban J connectivity index is 3.23. The first-order valence-electron chi connectivity index (χ1n) is 4.13. The van der Waals surface area contributed by atoms with E-state index in [0.29, 0.717) is 0 Å². The molecule has 16 heavy (non-hydrogen) atoms. The highest BCUT2D eigenvalue weighted by molar-refractivity contribution is 9.10. The highest BCUT2D eigenvalue weighted by Crippen LogP contribution is 2.30. The lowest BCUT2D eigenvalue weighted by Crippen LogP contribution is -2.27. The fourth-order valence-corrected chi connectivity index (χ4v) is 3.87. The minimum Gasteiger partial charge on any atom is -0.395 e. The summed E-state index contributed by atoms with van der Waals surface area (Å²) < 4.78 is 38.4. The third-order valence-electron chi connectivity index (χ3n) is 1.64. The second kappa shape index (κ2) is 5.42. The Hall–Kier alpha value is -0.210. The van der Waals surface area contributed by atoms with Crippen LogP contribution >= 0.6 is 27.5 Å². The molecule has 8 heteroatoms. The molecule has 4 nitrogen and oxygen atoms in total. The van der Waals surface area contributed by atoms with E-state index in [2.05, 4.69) is 20.7 Å². The predicted molar refractivity (Wildman–Crippen MR) is 61.4 cm³/mol. The Morgan fingerprint density at radius 1 is 1.50 bits per heavy atom. The van der Waals surface area contributed by atoms with Crippen LogP contribution in [0.15, 0.2) is 21.5 Å². The number of sulfonamides is 1. The highest BCUT2D eigenvalue weighted by atomic mass is 79.9. The Morgan fingerprint density at radius 2 is 2.12 bits per heavy atom. The first-order valence-corrected chi connectivity index (χ1v) is 6.79. The second-order valence-electron chi connectivity index (χ2n) is 2.82. The Morgan fingerprint density at radius 3 is 2.62 bits per heavy atom. The first kappa shape index (κ1) is 13.9. The summed E-state index contributed by atoms with van der Waals surface area (Å²) in [4.78, 5) is -0.246. The summed E-state index contributed by atoms with van der Waals surface area (Å²) in [7, 11) is -3.86. The van der Waals surface area contributed by atoms with Crippen molar-refractivity contribution >= 4 is 37.6 Å². The maximum atomic E-state index is 12.9. The Bertz CT molecular complexity index is 471. The van der Waals surface area contributed by atoms with Gasteiger partial charge >= 0.3 is 0 Å². The van der Waals surface area contributed by atoms with Gasteiger partial charge in [0.2, 0.25) is 10.0 Å². The largest absolute Gasteiger partial charge is 0.395 e. The van der Waals surface area contributed by atoms with E-state index in [1.807, 2.05) is 0 Å². The molecule has 0 heterocycles. The Kier molecular flexibility index (Phi) is 4.69. The van der Waals surface area contributed by atoms with Crippen LogP contribution in [-0.2, 0) is 10.0 Å². The topological polar surface area (TPSA) is 66.4 Å². The van der Waals surface area contributed by atoms with Crippen molar-refractivity contribution in [2.45, 2.75) is 4.90 Å². The molecular formula is C8H8BrClFNO3S. The molecule has 0 fully saturated rings. The summed E-state index contributed by atoms with van der Waals surface area (Å²) >= 11 is 8.57. The molecule has 0 unspecified atom stereocenters. The van der Waals surface area contributed by atoms with E-state index in [9.17, 15) is 12.8 Å². The number of benzene rings is 1. The van der Waals surface area contributed by atoms with Crippen molar-refractivity contribution in [1.29, 1.82) is 0 Å². The molecule has 0 aromatic heterocycles. The number of halogens is 3. The van der Waals surface area contributed by atoms with Crippen LogP contribution in [0.2, 0.25) is 5.02 Å². The monoisotopic (exact) mass is 331 g/mol. The van der Waals surface area contributed by atoms with Gasteiger partial charge in [-0.2, -0.15) is 0 Å². The van der Waals surface area contributed by atoms with Gasteiger partial charge in [-0.3, -0.25) is 0 Å². The molecule has 0 saturated carbocycles. The molecule has 1 rings (SSSR count). The average Bonchev–Trinajstić information content (AvgIpc) is 2.12. The van der Waals surface area contributed by atoms with Crippen LogP contribution in [0.5, 0.6) is 0 Å². The molecule has 2 N–H and O–H groups in total. The summed E-state index contributed by atoms with van der Waals surface area (Å²) in [5.74, 6) is -0.641. The molecular weight excluding hydrogens is 325 g/mol. The van der Waals surface area contributed by atoms with Crippen molar-refractivity contribution in [2.24, 2.45) is 0 Å². The number of hydrogen-bond acceptors (Lipinski definition) is 3. The highest BCUT2D eigenvalue weighted by Gasteiger charge is 2.21. The van der Waals surface area contributed by atoms with Gasteiger partial charge in [0.25, 0.3) is 0 Å². The zero-order chi connectivity index (χ0) is 12.3. The van der Waals surface area contributed by atoms with Crippen molar-refractivity contribution in [3.05, 3.63) is 27.4 Å². The van der Waals surface area contributed by atoms with Crippen molar-refractivity contribution in [1.82, 2.24) is 4.72 Å². The maximum absolute atomic E-state index is 12.9. The molecule has 0 aliphatic heterocycles. The zero-order valence-electron chi connectivity index (χ0n) is 7.87. The van der Waals surface area contributed by atoms with Crippen LogP contribution in [0.1, 0.15) is 0 Å². The van der Waals surface area contributed by atoms with Crippen molar-refractivity contribution in [2.75, 3.05) is 13.2 Å². The summed E-state index contributed by atoms with van der Waals surface area (Å²) in [5.41, 5.74) is 0. The van der Waals surface area contributed by atoms with E-state index in [1.54, 1.807) is 0 Å². The van der Waals surface area contributed by atoms with Gasteiger partial charge < -0.3 is 5.11 Å². The standard InChI is InChI=1S/C8H8BrClFNO3S/c9-6-3-5(11)4-7(10)8(6)16(14,15)12-1-2-13/h3-4,12-13H,1-2H2. The first-order chi connectivity index (χ1) is 7.38. The Labute approximate surface area is 106 Å². The molecule has 0 aliphatic carbocycles. The fraction of sp³-hybridized carbons (Fsp3) is 0.250. The minimum atomic E-state index is -3.86. The summed E-state index contributed by atoms with van der Waals surface area (Å²) in [6, 6.07) is 1.90. The number of rotatable bonds is 4. The van der Waals surface area contributed by atoms with Crippen molar-refractivity contribution in [3.63, 3.8) is 0 Å². The summed E-state index contributed by atoms with van der Waals surface area (Å²) in [5, 5.41) is 8.30. The molecule has 0 spiro atoms. The lowest BCUT2D eigenvalue weighted by atomic mass is 10.3. The number of aliphatic hydroxyl groups excluding tert-OH is 1. The van der Waals surface area contributed by atoms with Gasteiger partial charge in [0.1, 0.15) is 10.7 Å². The van der Waals surface area contributed by atoms with Crippen LogP contribution in [-0.4, -0.2) is 26.7 Å².